The van der Waals surface area contributed by atoms with E-state index < -0.39 is 12.0 Å². The minimum atomic E-state index is -0.533. The van der Waals surface area contributed by atoms with Gasteiger partial charge in [-0.05, 0) is 13.0 Å². The summed E-state index contributed by atoms with van der Waals surface area (Å²) in [4.78, 5) is 33.1. The molecule has 0 spiro atoms. The topological polar surface area (TPSA) is 113 Å². The second-order valence-electron chi connectivity index (χ2n) is 3.21. The fourth-order valence-electron chi connectivity index (χ4n) is 1.08. The third kappa shape index (κ3) is 4.64. The van der Waals surface area contributed by atoms with Gasteiger partial charge in [-0.2, -0.15) is 5.10 Å². The number of amides is 2. The van der Waals surface area contributed by atoms with Crippen LogP contribution in [0.4, 0.5) is 4.79 Å². The zero-order valence-corrected chi connectivity index (χ0v) is 9.86. The molecular weight excluding hydrogens is 240 g/mol. The minimum absolute atomic E-state index is 0.103. The Balaban J connectivity index is 2.27. The number of nitrogens with one attached hydrogen (secondary N) is 3. The Labute approximate surface area is 103 Å². The zero-order chi connectivity index (χ0) is 13.4. The number of hydrogen-bond donors (Lipinski definition) is 3. The van der Waals surface area contributed by atoms with Crippen LogP contribution >= 0.6 is 0 Å². The standard InChI is InChI=1S/C10H14N4O4/c1-2-18-10(17)12-6-5-11-9(16)7-3-4-8(15)14-13-7/h3-4H,2,5-6H2,1H3,(H,11,16)(H,12,17)(H,14,15). The van der Waals surface area contributed by atoms with Crippen LogP contribution in [0.5, 0.6) is 0 Å². The van der Waals surface area contributed by atoms with Crippen molar-refractivity contribution in [2.24, 2.45) is 0 Å². The van der Waals surface area contributed by atoms with E-state index in [9.17, 15) is 14.4 Å². The maximum Gasteiger partial charge on any atom is 0.407 e. The van der Waals surface area contributed by atoms with E-state index in [0.717, 1.165) is 0 Å². The molecule has 1 rings (SSSR count). The molecule has 0 saturated heterocycles. The lowest BCUT2D eigenvalue weighted by Gasteiger charge is -2.06. The predicted molar refractivity (Wildman–Crippen MR) is 62.2 cm³/mol. The highest BCUT2D eigenvalue weighted by Gasteiger charge is 2.06. The van der Waals surface area contributed by atoms with E-state index in [1.807, 2.05) is 0 Å². The quantitative estimate of drug-likeness (QED) is 0.598. The van der Waals surface area contributed by atoms with Crippen molar-refractivity contribution in [3.05, 3.63) is 28.2 Å². The summed E-state index contributed by atoms with van der Waals surface area (Å²) >= 11 is 0. The summed E-state index contributed by atoms with van der Waals surface area (Å²) in [6.07, 6.45) is -0.533. The third-order valence-corrected chi connectivity index (χ3v) is 1.87. The molecule has 0 aliphatic rings. The van der Waals surface area contributed by atoms with E-state index in [-0.39, 0.29) is 24.3 Å². The van der Waals surface area contributed by atoms with Crippen molar-refractivity contribution in [1.29, 1.82) is 0 Å². The normalized spacial score (nSPS) is 9.61. The molecule has 0 unspecified atom stereocenters. The van der Waals surface area contributed by atoms with Crippen molar-refractivity contribution in [1.82, 2.24) is 20.8 Å². The Bertz CT molecular complexity index is 451. The molecule has 8 heteroatoms. The molecule has 3 N–H and O–H groups in total. The number of aromatic nitrogens is 2. The number of hydrogen-bond acceptors (Lipinski definition) is 5. The van der Waals surface area contributed by atoms with Gasteiger partial charge in [-0.15, -0.1) is 0 Å². The van der Waals surface area contributed by atoms with Crippen LogP contribution in [0.25, 0.3) is 0 Å². The number of rotatable bonds is 5. The molecule has 0 fully saturated rings. The average molecular weight is 254 g/mol. The van der Waals surface area contributed by atoms with Crippen LogP contribution in [0.1, 0.15) is 17.4 Å². The van der Waals surface area contributed by atoms with Crippen LogP contribution in [0.3, 0.4) is 0 Å². The molecule has 98 valence electrons. The molecule has 8 nitrogen and oxygen atoms in total. The van der Waals surface area contributed by atoms with Crippen molar-refractivity contribution >= 4 is 12.0 Å². The van der Waals surface area contributed by atoms with Gasteiger partial charge < -0.3 is 15.4 Å². The molecule has 1 aromatic heterocycles. The summed E-state index contributed by atoms with van der Waals surface area (Å²) in [6.45, 7) is 2.47. The molecule has 18 heavy (non-hydrogen) atoms. The van der Waals surface area contributed by atoms with E-state index in [1.165, 1.54) is 12.1 Å². The highest BCUT2D eigenvalue weighted by atomic mass is 16.5. The highest BCUT2D eigenvalue weighted by molar-refractivity contribution is 5.91. The first-order valence-corrected chi connectivity index (χ1v) is 5.38. The SMILES string of the molecule is CCOC(=O)NCCNC(=O)c1ccc(=O)[nH]n1. The number of nitrogens with zero attached hydrogens (tertiary/aromatic N) is 1. The lowest BCUT2D eigenvalue weighted by atomic mass is 10.3. The van der Waals surface area contributed by atoms with Gasteiger partial charge in [0, 0.05) is 19.2 Å². The summed E-state index contributed by atoms with van der Waals surface area (Å²) < 4.78 is 4.63. The van der Waals surface area contributed by atoms with Gasteiger partial charge >= 0.3 is 6.09 Å². The van der Waals surface area contributed by atoms with Crippen LogP contribution in [-0.2, 0) is 4.74 Å². The molecule has 0 aliphatic carbocycles. The number of ether oxygens (including phenoxy) is 1. The van der Waals surface area contributed by atoms with E-state index in [1.54, 1.807) is 6.92 Å². The van der Waals surface area contributed by atoms with Crippen LogP contribution in [0, 0.1) is 0 Å². The van der Waals surface area contributed by atoms with Gasteiger partial charge in [0.25, 0.3) is 11.5 Å². The van der Waals surface area contributed by atoms with E-state index in [0.29, 0.717) is 6.61 Å². The molecule has 2 amide bonds. The summed E-state index contributed by atoms with van der Waals surface area (Å²) in [5.74, 6) is -0.433. The maximum absolute atomic E-state index is 11.5. The first-order chi connectivity index (χ1) is 8.63. The molecule has 0 radical (unpaired) electrons. The average Bonchev–Trinajstić information content (AvgIpc) is 2.35. The first kappa shape index (κ1) is 13.7. The summed E-state index contributed by atoms with van der Waals surface area (Å²) in [5.41, 5.74) is -0.277. The van der Waals surface area contributed by atoms with E-state index in [2.05, 4.69) is 25.6 Å². The van der Waals surface area contributed by atoms with Crippen molar-refractivity contribution in [2.45, 2.75) is 6.92 Å². The summed E-state index contributed by atoms with van der Waals surface area (Å²) in [5, 5.41) is 10.7. The Morgan fingerprint density at radius 1 is 1.33 bits per heavy atom. The van der Waals surface area contributed by atoms with Crippen molar-refractivity contribution in [3.63, 3.8) is 0 Å². The lowest BCUT2D eigenvalue weighted by molar-refractivity contribution is 0.0946. The number of carbonyl (C=O) groups excluding carboxylic acids is 2. The van der Waals surface area contributed by atoms with Crippen LogP contribution in [0.2, 0.25) is 0 Å². The van der Waals surface area contributed by atoms with Gasteiger partial charge in [-0.1, -0.05) is 0 Å². The monoisotopic (exact) mass is 254 g/mol. The van der Waals surface area contributed by atoms with Crippen molar-refractivity contribution < 1.29 is 14.3 Å². The summed E-state index contributed by atoms with van der Waals surface area (Å²) in [6, 6.07) is 2.52. The van der Waals surface area contributed by atoms with Gasteiger partial charge in [0.2, 0.25) is 0 Å². The molecule has 0 aliphatic heterocycles. The molecule has 1 heterocycles. The van der Waals surface area contributed by atoms with Gasteiger partial charge in [-0.3, -0.25) is 9.59 Å². The van der Waals surface area contributed by atoms with E-state index in [4.69, 9.17) is 0 Å². The maximum atomic E-state index is 11.5. The van der Waals surface area contributed by atoms with Gasteiger partial charge in [0.1, 0.15) is 5.69 Å². The Hall–Kier alpha value is -2.38. The number of aromatic amines is 1. The fraction of sp³-hybridized carbons (Fsp3) is 0.400. The Morgan fingerprint density at radius 3 is 2.67 bits per heavy atom. The van der Waals surface area contributed by atoms with Crippen molar-refractivity contribution in [3.8, 4) is 0 Å². The van der Waals surface area contributed by atoms with Gasteiger partial charge in [0.15, 0.2) is 0 Å². The largest absolute Gasteiger partial charge is 0.450 e. The fourth-order valence-corrected chi connectivity index (χ4v) is 1.08. The Kier molecular flexibility index (Phi) is 5.36. The molecule has 0 saturated carbocycles. The van der Waals surface area contributed by atoms with Gasteiger partial charge in [0.05, 0.1) is 6.61 Å². The highest BCUT2D eigenvalue weighted by Crippen LogP contribution is 1.87. The third-order valence-electron chi connectivity index (χ3n) is 1.87. The van der Waals surface area contributed by atoms with Crippen molar-refractivity contribution in [2.75, 3.05) is 19.7 Å². The molecular formula is C10H14N4O4. The smallest absolute Gasteiger partial charge is 0.407 e. The number of carbonyl (C=O) groups is 2. The molecule has 0 atom stereocenters. The number of H-pyrrole nitrogens is 1. The van der Waals surface area contributed by atoms with Gasteiger partial charge in [-0.25, -0.2) is 9.89 Å². The Morgan fingerprint density at radius 2 is 2.06 bits per heavy atom. The predicted octanol–water partition coefficient (Wildman–Crippen LogP) is -0.754. The van der Waals surface area contributed by atoms with Crippen LogP contribution in [0.15, 0.2) is 16.9 Å². The second kappa shape index (κ2) is 7.05. The molecule has 1 aromatic rings. The summed E-state index contributed by atoms with van der Waals surface area (Å²) in [7, 11) is 0. The second-order valence-corrected chi connectivity index (χ2v) is 3.21. The minimum Gasteiger partial charge on any atom is -0.450 e. The van der Waals surface area contributed by atoms with Crippen LogP contribution < -0.4 is 16.2 Å². The molecule has 0 aromatic carbocycles. The number of alkyl carbamates (subject to hydrolysis) is 1. The molecule has 0 bridgehead atoms. The zero-order valence-electron chi connectivity index (χ0n) is 9.86. The lowest BCUT2D eigenvalue weighted by Crippen LogP contribution is -2.35. The van der Waals surface area contributed by atoms with E-state index >= 15 is 0 Å². The first-order valence-electron chi connectivity index (χ1n) is 5.38. The van der Waals surface area contributed by atoms with Crippen LogP contribution in [-0.4, -0.2) is 41.9 Å².